The number of nitrogens with zero attached hydrogens (tertiary/aromatic N) is 2. The Balaban J connectivity index is 3.15. The summed E-state index contributed by atoms with van der Waals surface area (Å²) in [7, 11) is 1.56. The van der Waals surface area contributed by atoms with E-state index in [9.17, 15) is 0 Å². The fraction of sp³-hybridized carbons (Fsp3) is 1.00. The first-order valence-electron chi connectivity index (χ1n) is 3.28. The molecule has 54 valence electrons. The van der Waals surface area contributed by atoms with Crippen LogP contribution in [0.4, 0.5) is 0 Å². The Morgan fingerprint density at radius 3 is 2.67 bits per heavy atom. The van der Waals surface area contributed by atoms with Gasteiger partial charge in [-0.05, 0) is 12.8 Å². The van der Waals surface area contributed by atoms with Gasteiger partial charge in [0.05, 0.1) is 0 Å². The van der Waals surface area contributed by atoms with Gasteiger partial charge in [-0.1, -0.05) is 13.3 Å². The Morgan fingerprint density at radius 2 is 2.22 bits per heavy atom. The summed E-state index contributed by atoms with van der Waals surface area (Å²) in [4.78, 5) is 0. The third-order valence-corrected chi connectivity index (χ3v) is 1.06. The predicted octanol–water partition coefficient (Wildman–Crippen LogP) is 1.58. The zero-order valence-corrected chi connectivity index (χ0v) is 6.04. The highest BCUT2D eigenvalue weighted by Crippen LogP contribution is 2.00. The lowest BCUT2D eigenvalue weighted by Gasteiger charge is -1.99. The molecule has 3 heteroatoms. The third kappa shape index (κ3) is 5.43. The third-order valence-electron chi connectivity index (χ3n) is 1.06. The van der Waals surface area contributed by atoms with Crippen LogP contribution in [0.1, 0.15) is 26.2 Å². The molecule has 3 nitrogen and oxygen atoms in total. The van der Waals surface area contributed by atoms with Gasteiger partial charge in [0.15, 0.2) is 6.23 Å². The maximum Gasteiger partial charge on any atom is 0.165 e. The smallest absolute Gasteiger partial charge is 0.165 e. The Labute approximate surface area is 55.8 Å². The molecule has 0 amide bonds. The van der Waals surface area contributed by atoms with Gasteiger partial charge in [-0.25, -0.2) is 0 Å². The molecule has 0 aromatic heterocycles. The van der Waals surface area contributed by atoms with Gasteiger partial charge < -0.3 is 5.11 Å². The van der Waals surface area contributed by atoms with Gasteiger partial charge >= 0.3 is 0 Å². The van der Waals surface area contributed by atoms with Crippen molar-refractivity contribution in [3.8, 4) is 0 Å². The van der Waals surface area contributed by atoms with Crippen LogP contribution in [-0.4, -0.2) is 18.4 Å². The minimum atomic E-state index is -0.574. The highest BCUT2D eigenvalue weighted by Gasteiger charge is 1.96. The van der Waals surface area contributed by atoms with Crippen LogP contribution in [0.3, 0.4) is 0 Å². The second kappa shape index (κ2) is 5.69. The van der Waals surface area contributed by atoms with Gasteiger partial charge in [-0.3, -0.25) is 0 Å². The lowest BCUT2D eigenvalue weighted by Crippen LogP contribution is -1.99. The van der Waals surface area contributed by atoms with Crippen molar-refractivity contribution in [3.05, 3.63) is 0 Å². The first kappa shape index (κ1) is 8.56. The minimum absolute atomic E-state index is 0.574. The van der Waals surface area contributed by atoms with Crippen LogP contribution in [0.15, 0.2) is 10.2 Å². The van der Waals surface area contributed by atoms with Crippen LogP contribution < -0.4 is 0 Å². The first-order valence-corrected chi connectivity index (χ1v) is 3.28. The zero-order valence-electron chi connectivity index (χ0n) is 6.04. The predicted molar refractivity (Wildman–Crippen MR) is 36.3 cm³/mol. The maximum atomic E-state index is 8.92. The topological polar surface area (TPSA) is 45.0 Å². The molecule has 0 radical (unpaired) electrons. The fourth-order valence-electron chi connectivity index (χ4n) is 0.578. The molecular formula is C6H14N2O. The van der Waals surface area contributed by atoms with E-state index in [1.54, 1.807) is 7.05 Å². The Kier molecular flexibility index (Phi) is 5.41. The van der Waals surface area contributed by atoms with Gasteiger partial charge in [0, 0.05) is 7.05 Å². The van der Waals surface area contributed by atoms with E-state index < -0.39 is 6.23 Å². The molecule has 1 N–H and O–H groups in total. The van der Waals surface area contributed by atoms with E-state index in [-0.39, 0.29) is 0 Å². The summed E-state index contributed by atoms with van der Waals surface area (Å²) in [6, 6.07) is 0. The summed E-state index contributed by atoms with van der Waals surface area (Å²) in [6.45, 7) is 2.08. The highest BCUT2D eigenvalue weighted by molar-refractivity contribution is 4.46. The van der Waals surface area contributed by atoms with Crippen LogP contribution >= 0.6 is 0 Å². The SMILES string of the molecule is CCCCC(O)N=NC. The molecule has 0 aromatic carbocycles. The summed E-state index contributed by atoms with van der Waals surface area (Å²) in [5.74, 6) is 0. The molecule has 0 saturated carbocycles. The number of azo groups is 1. The summed E-state index contributed by atoms with van der Waals surface area (Å²) >= 11 is 0. The average molecular weight is 130 g/mol. The van der Waals surface area contributed by atoms with E-state index in [4.69, 9.17) is 5.11 Å². The van der Waals surface area contributed by atoms with Crippen LogP contribution in [0.2, 0.25) is 0 Å². The monoisotopic (exact) mass is 130 g/mol. The number of aliphatic hydroxyl groups excluding tert-OH is 1. The molecule has 9 heavy (non-hydrogen) atoms. The van der Waals surface area contributed by atoms with Crippen molar-refractivity contribution in [3.63, 3.8) is 0 Å². The van der Waals surface area contributed by atoms with E-state index >= 15 is 0 Å². The number of rotatable bonds is 4. The number of hydrogen-bond donors (Lipinski definition) is 1. The van der Waals surface area contributed by atoms with Crippen molar-refractivity contribution in [1.82, 2.24) is 0 Å². The minimum Gasteiger partial charge on any atom is -0.370 e. The van der Waals surface area contributed by atoms with Gasteiger partial charge in [0.25, 0.3) is 0 Å². The molecule has 0 aliphatic carbocycles. The molecule has 0 saturated heterocycles. The largest absolute Gasteiger partial charge is 0.370 e. The van der Waals surface area contributed by atoms with Crippen molar-refractivity contribution in [1.29, 1.82) is 0 Å². The van der Waals surface area contributed by atoms with Gasteiger partial charge in [0.1, 0.15) is 0 Å². The lowest BCUT2D eigenvalue weighted by atomic mass is 10.2. The molecule has 0 aliphatic heterocycles. The van der Waals surface area contributed by atoms with Crippen molar-refractivity contribution in [2.24, 2.45) is 10.2 Å². The lowest BCUT2D eigenvalue weighted by molar-refractivity contribution is 0.163. The van der Waals surface area contributed by atoms with E-state index in [2.05, 4.69) is 17.2 Å². The van der Waals surface area contributed by atoms with Gasteiger partial charge in [-0.2, -0.15) is 10.2 Å². The van der Waals surface area contributed by atoms with Gasteiger partial charge in [0.2, 0.25) is 0 Å². The number of unbranched alkanes of at least 4 members (excludes halogenated alkanes) is 1. The zero-order chi connectivity index (χ0) is 7.11. The average Bonchev–Trinajstić information content (AvgIpc) is 1.85. The molecule has 0 aromatic rings. The molecule has 1 atom stereocenters. The van der Waals surface area contributed by atoms with Crippen LogP contribution in [-0.2, 0) is 0 Å². The molecule has 0 heterocycles. The Bertz CT molecular complexity index is 83.1. The highest BCUT2D eigenvalue weighted by atomic mass is 16.3. The maximum absolute atomic E-state index is 8.92. The van der Waals surface area contributed by atoms with E-state index in [0.717, 1.165) is 19.3 Å². The Morgan fingerprint density at radius 1 is 1.56 bits per heavy atom. The summed E-state index contributed by atoms with van der Waals surface area (Å²) in [5, 5.41) is 15.9. The molecule has 0 bridgehead atoms. The number of aliphatic hydroxyl groups is 1. The van der Waals surface area contributed by atoms with Crippen LogP contribution in [0.25, 0.3) is 0 Å². The quantitative estimate of drug-likeness (QED) is 0.577. The Hall–Kier alpha value is -0.440. The van der Waals surface area contributed by atoms with E-state index in [0.29, 0.717) is 0 Å². The van der Waals surface area contributed by atoms with E-state index in [1.807, 2.05) is 0 Å². The molecule has 0 rings (SSSR count). The fourth-order valence-corrected chi connectivity index (χ4v) is 0.578. The molecule has 0 spiro atoms. The first-order chi connectivity index (χ1) is 4.31. The van der Waals surface area contributed by atoms with Crippen molar-refractivity contribution in [2.75, 3.05) is 7.05 Å². The second-order valence-corrected chi connectivity index (χ2v) is 1.94. The van der Waals surface area contributed by atoms with Crippen molar-refractivity contribution in [2.45, 2.75) is 32.4 Å². The standard InChI is InChI=1S/C6H14N2O/c1-3-4-5-6(9)8-7-2/h6,9H,3-5H2,1-2H3. The second-order valence-electron chi connectivity index (χ2n) is 1.94. The summed E-state index contributed by atoms with van der Waals surface area (Å²) in [5.41, 5.74) is 0. The number of hydrogen-bond acceptors (Lipinski definition) is 3. The molecule has 0 aliphatic rings. The van der Waals surface area contributed by atoms with E-state index in [1.165, 1.54) is 0 Å². The molecule has 0 fully saturated rings. The molecule has 1 unspecified atom stereocenters. The normalized spacial score (nSPS) is 14.6. The van der Waals surface area contributed by atoms with Crippen LogP contribution in [0.5, 0.6) is 0 Å². The van der Waals surface area contributed by atoms with Gasteiger partial charge in [-0.15, -0.1) is 0 Å². The van der Waals surface area contributed by atoms with Crippen LogP contribution in [0, 0.1) is 0 Å². The molecular weight excluding hydrogens is 116 g/mol. The summed E-state index contributed by atoms with van der Waals surface area (Å²) < 4.78 is 0. The summed E-state index contributed by atoms with van der Waals surface area (Å²) in [6.07, 6.45) is 2.26. The van der Waals surface area contributed by atoms with Crippen molar-refractivity contribution >= 4 is 0 Å². The van der Waals surface area contributed by atoms with Crippen molar-refractivity contribution < 1.29 is 5.11 Å².